The van der Waals surface area contributed by atoms with Crippen LogP contribution in [0.3, 0.4) is 0 Å². The van der Waals surface area contributed by atoms with Crippen molar-refractivity contribution in [3.05, 3.63) is 23.8 Å². The monoisotopic (exact) mass is 904 g/mol. The van der Waals surface area contributed by atoms with E-state index in [0.29, 0.717) is 63.4 Å². The van der Waals surface area contributed by atoms with Gasteiger partial charge in [-0.15, -0.1) is 0 Å². The van der Waals surface area contributed by atoms with Crippen molar-refractivity contribution in [3.8, 4) is 0 Å². The summed E-state index contributed by atoms with van der Waals surface area (Å²) >= 11 is 0. The normalized spacial score (nSPS) is 39.9. The molecule has 1 aliphatic carbocycles. The lowest BCUT2D eigenvalue weighted by molar-refractivity contribution is -0.265. The number of cyclic esters (lactones) is 1. The van der Waals surface area contributed by atoms with Crippen molar-refractivity contribution in [2.75, 3.05) is 27.9 Å². The van der Waals surface area contributed by atoms with Crippen molar-refractivity contribution in [1.82, 2.24) is 4.90 Å². The SMILES string of the molecule is CO[C@@H]1/C=C/CCCC[C@@H](C)C[C@@H](C)C(=O)[C@H](OC)[C@H](O)/C(C)=C/[C@@H](C)C(=O)C[C@@H]([C@H](C)C[C@H]2CC[C@@H](O)[C@H](OC)C2)OC(=O)[C@@H]2CCCCN2C(=O)C(=O)[C@]2(O)O[C@@H](CC[C@H]2C)C1. The third-order valence-electron chi connectivity index (χ3n) is 14.7. The van der Waals surface area contributed by atoms with Gasteiger partial charge >= 0.3 is 5.97 Å². The first-order chi connectivity index (χ1) is 30.3. The Labute approximate surface area is 382 Å². The minimum atomic E-state index is -2.40. The molecule has 15 atom stereocenters. The van der Waals surface area contributed by atoms with Crippen LogP contribution in [0.25, 0.3) is 0 Å². The quantitative estimate of drug-likeness (QED) is 0.154. The fourth-order valence-electron chi connectivity index (χ4n) is 10.4. The largest absolute Gasteiger partial charge is 0.460 e. The third kappa shape index (κ3) is 14.3. The number of carbonyl (C=O) groups is 5. The molecule has 4 rings (SSSR count). The van der Waals surface area contributed by atoms with Crippen molar-refractivity contribution in [1.29, 1.82) is 0 Å². The van der Waals surface area contributed by atoms with Gasteiger partial charge < -0.3 is 43.9 Å². The average molecular weight is 904 g/mol. The lowest BCUT2D eigenvalue weighted by Crippen LogP contribution is -2.60. The molecule has 14 heteroatoms. The summed E-state index contributed by atoms with van der Waals surface area (Å²) in [6, 6.07) is -1.13. The molecule has 3 fully saturated rings. The van der Waals surface area contributed by atoms with E-state index in [-0.39, 0.29) is 66.8 Å². The van der Waals surface area contributed by atoms with Gasteiger partial charge in [-0.1, -0.05) is 65.7 Å². The van der Waals surface area contributed by atoms with E-state index in [1.165, 1.54) is 12.0 Å². The van der Waals surface area contributed by atoms with Gasteiger partial charge in [0.2, 0.25) is 5.79 Å². The van der Waals surface area contributed by atoms with E-state index >= 15 is 0 Å². The molecule has 364 valence electrons. The predicted molar refractivity (Wildman–Crippen MR) is 241 cm³/mol. The summed E-state index contributed by atoms with van der Waals surface area (Å²) in [5.74, 6) is -7.45. The minimum Gasteiger partial charge on any atom is -0.460 e. The highest BCUT2D eigenvalue weighted by atomic mass is 16.6. The van der Waals surface area contributed by atoms with Crippen LogP contribution in [-0.2, 0) is 47.7 Å². The maximum Gasteiger partial charge on any atom is 0.329 e. The second-order valence-corrected chi connectivity index (χ2v) is 19.8. The number of carbonyl (C=O) groups excluding carboxylic acids is 5. The van der Waals surface area contributed by atoms with Crippen LogP contribution in [0.5, 0.6) is 0 Å². The summed E-state index contributed by atoms with van der Waals surface area (Å²) in [4.78, 5) is 71.7. The van der Waals surface area contributed by atoms with Crippen molar-refractivity contribution in [2.24, 2.45) is 35.5 Å². The van der Waals surface area contributed by atoms with E-state index in [9.17, 15) is 39.3 Å². The molecule has 1 amide bonds. The van der Waals surface area contributed by atoms with Gasteiger partial charge in [-0.25, -0.2) is 4.79 Å². The molecule has 2 saturated heterocycles. The van der Waals surface area contributed by atoms with E-state index < -0.39 is 71.8 Å². The first kappa shape index (κ1) is 53.8. The first-order valence-electron chi connectivity index (χ1n) is 24.2. The molecular weight excluding hydrogens is 823 g/mol. The van der Waals surface area contributed by atoms with Crippen molar-refractivity contribution >= 4 is 29.2 Å². The molecule has 0 aromatic heterocycles. The highest BCUT2D eigenvalue weighted by molar-refractivity contribution is 6.39. The molecule has 14 nitrogen and oxygen atoms in total. The molecule has 3 aliphatic heterocycles. The fourth-order valence-corrected chi connectivity index (χ4v) is 10.4. The van der Waals surface area contributed by atoms with E-state index in [1.807, 2.05) is 19.9 Å². The number of ether oxygens (including phenoxy) is 5. The van der Waals surface area contributed by atoms with Crippen molar-refractivity contribution in [2.45, 2.75) is 199 Å². The van der Waals surface area contributed by atoms with Gasteiger partial charge in [-0.2, -0.15) is 0 Å². The zero-order valence-corrected chi connectivity index (χ0v) is 40.2. The maximum atomic E-state index is 14.3. The van der Waals surface area contributed by atoms with Crippen LogP contribution in [0.4, 0.5) is 0 Å². The summed E-state index contributed by atoms with van der Waals surface area (Å²) in [7, 11) is 4.56. The number of Topliss-reactive ketones (excluding diaryl/α,β-unsaturated/α-hetero) is 3. The summed E-state index contributed by atoms with van der Waals surface area (Å²) in [5, 5.41) is 33.8. The molecular formula is C50H81NO13. The van der Waals surface area contributed by atoms with E-state index in [2.05, 4.69) is 13.0 Å². The summed E-state index contributed by atoms with van der Waals surface area (Å²) in [5.41, 5.74) is 0.409. The number of hydrogen-bond acceptors (Lipinski definition) is 13. The number of rotatable bonds is 6. The minimum absolute atomic E-state index is 0.100. The number of aliphatic hydroxyl groups is 3. The number of hydrogen-bond donors (Lipinski definition) is 3. The fraction of sp³-hybridized carbons (Fsp3) is 0.820. The Morgan fingerprint density at radius 1 is 0.859 bits per heavy atom. The predicted octanol–water partition coefficient (Wildman–Crippen LogP) is 6.24. The van der Waals surface area contributed by atoms with Gasteiger partial charge in [0.15, 0.2) is 5.78 Å². The van der Waals surface area contributed by atoms with Crippen molar-refractivity contribution in [3.63, 3.8) is 0 Å². The molecule has 0 aromatic carbocycles. The van der Waals surface area contributed by atoms with Crippen LogP contribution in [0.2, 0.25) is 0 Å². The lowest BCUT2D eigenvalue weighted by Gasteiger charge is -2.42. The maximum absolute atomic E-state index is 14.3. The number of allylic oxidation sites excluding steroid dienone is 2. The molecule has 0 spiro atoms. The van der Waals surface area contributed by atoms with Gasteiger partial charge in [-0.05, 0) is 107 Å². The average Bonchev–Trinajstić information content (AvgIpc) is 3.27. The third-order valence-corrected chi connectivity index (χ3v) is 14.7. The Morgan fingerprint density at radius 2 is 1.58 bits per heavy atom. The van der Waals surface area contributed by atoms with Crippen LogP contribution < -0.4 is 0 Å². The van der Waals surface area contributed by atoms with E-state index in [4.69, 9.17) is 23.7 Å². The van der Waals surface area contributed by atoms with Gasteiger partial charge in [0.1, 0.15) is 30.1 Å². The summed E-state index contributed by atoms with van der Waals surface area (Å²) in [6.45, 7) is 11.0. The Balaban J connectivity index is 1.66. The highest BCUT2D eigenvalue weighted by Crippen LogP contribution is 2.37. The topological polar surface area (TPSA) is 195 Å². The molecule has 0 radical (unpaired) electrons. The molecule has 4 aliphatic rings. The molecule has 3 heterocycles. The number of esters is 1. The standard InChI is InChI=1S/C50H81NO13/c1-30-16-12-10-11-13-17-37(60-7)28-38-21-19-35(6)50(59,64-38)47(56)48(57)51-23-15-14-18-39(51)49(58)63-42(32(3)26-36-20-22-40(52)43(27-36)61-8)29-41(53)31(2)25-34(5)45(55)46(62-9)44(54)33(4)24-30/h13,17,25,30-33,35-40,42-43,45-46,52,55,59H,10-12,14-16,18-24,26-29H2,1-9H3/b17-13+,34-25+/t30-,31-,32-,33-,35-,36-,37-,38+,39+,40-,42+,43-,45-,46+,50-/m1/s1. The van der Waals surface area contributed by atoms with Gasteiger partial charge in [0.05, 0.1) is 24.4 Å². The highest BCUT2D eigenvalue weighted by Gasteiger charge is 2.53. The molecule has 3 N–H and O–H groups in total. The van der Waals surface area contributed by atoms with E-state index in [1.54, 1.807) is 41.1 Å². The number of nitrogens with zero attached hydrogens (tertiary/aromatic N) is 1. The summed E-state index contributed by atoms with van der Waals surface area (Å²) in [6.07, 6.45) is 9.76. The van der Waals surface area contributed by atoms with E-state index in [0.717, 1.165) is 32.1 Å². The second kappa shape index (κ2) is 25.3. The smallest absolute Gasteiger partial charge is 0.329 e. The number of ketones is 3. The zero-order chi connectivity index (χ0) is 47.3. The van der Waals surface area contributed by atoms with Crippen molar-refractivity contribution < 1.29 is 63.0 Å². The van der Waals surface area contributed by atoms with Crippen LogP contribution in [0.1, 0.15) is 144 Å². The molecule has 0 unspecified atom stereocenters. The van der Waals surface area contributed by atoms with Gasteiger partial charge in [0, 0.05) is 58.5 Å². The molecule has 64 heavy (non-hydrogen) atoms. The molecule has 2 bridgehead atoms. The Kier molecular flexibility index (Phi) is 21.3. The zero-order valence-electron chi connectivity index (χ0n) is 40.2. The molecule has 1 saturated carbocycles. The number of amides is 1. The Bertz CT molecular complexity index is 1610. The van der Waals surface area contributed by atoms with Crippen LogP contribution in [-0.4, -0.2) is 132 Å². The second-order valence-electron chi connectivity index (χ2n) is 19.8. The number of fused-ring (bicyclic) bond motifs is 3. The van der Waals surface area contributed by atoms with Gasteiger partial charge in [-0.3, -0.25) is 19.2 Å². The number of piperidine rings is 1. The lowest BCUT2D eigenvalue weighted by atomic mass is 9.78. The van der Waals surface area contributed by atoms with Crippen LogP contribution >= 0.6 is 0 Å². The number of methoxy groups -OCH3 is 3. The van der Waals surface area contributed by atoms with Gasteiger partial charge in [0.25, 0.3) is 11.7 Å². The van der Waals surface area contributed by atoms with Crippen LogP contribution in [0.15, 0.2) is 23.8 Å². The first-order valence-corrected chi connectivity index (χ1v) is 24.2. The summed E-state index contributed by atoms with van der Waals surface area (Å²) < 4.78 is 29.3. The molecule has 0 aromatic rings. The Morgan fingerprint density at radius 3 is 2.27 bits per heavy atom. The Hall–Kier alpha value is -2.85. The number of aliphatic hydroxyl groups excluding tert-OH is 2. The van der Waals surface area contributed by atoms with Crippen LogP contribution in [0, 0.1) is 35.5 Å².